The minimum atomic E-state index is -0.455. The second kappa shape index (κ2) is 6.52. The van der Waals surface area contributed by atoms with E-state index < -0.39 is 5.60 Å². The molecule has 0 aromatic heterocycles. The predicted octanol–water partition coefficient (Wildman–Crippen LogP) is 3.67. The summed E-state index contributed by atoms with van der Waals surface area (Å²) in [5.41, 5.74) is 3.29. The fourth-order valence-corrected chi connectivity index (χ4v) is 3.57. The Balaban J connectivity index is 1.76. The second-order valence-electron chi connectivity index (χ2n) is 7.65. The van der Waals surface area contributed by atoms with Crippen molar-refractivity contribution in [2.75, 3.05) is 18.0 Å². The maximum Gasteiger partial charge on any atom is 0.414 e. The van der Waals surface area contributed by atoms with Crippen LogP contribution in [0.25, 0.3) is 0 Å². The Morgan fingerprint density at radius 2 is 2.17 bits per heavy atom. The van der Waals surface area contributed by atoms with Crippen LogP contribution in [0.1, 0.15) is 51.2 Å². The zero-order chi connectivity index (χ0) is 16.4. The zero-order valence-corrected chi connectivity index (χ0v) is 14.5. The second-order valence-corrected chi connectivity index (χ2v) is 7.65. The molecule has 2 heterocycles. The average molecular weight is 316 g/mol. The number of carbonyl (C=O) groups excluding carboxylic acids is 1. The van der Waals surface area contributed by atoms with Gasteiger partial charge in [-0.3, -0.25) is 4.90 Å². The lowest BCUT2D eigenvalue weighted by Crippen LogP contribution is -2.36. The van der Waals surface area contributed by atoms with Crippen molar-refractivity contribution >= 4 is 11.8 Å². The predicted molar refractivity (Wildman–Crippen MR) is 93.1 cm³/mol. The molecular formula is C19H28N2O2. The first-order chi connectivity index (χ1) is 10.9. The van der Waals surface area contributed by atoms with Crippen molar-refractivity contribution in [1.82, 2.24) is 5.32 Å². The van der Waals surface area contributed by atoms with E-state index in [1.54, 1.807) is 4.90 Å². The number of nitrogens with zero attached hydrogens (tertiary/aromatic N) is 1. The fourth-order valence-electron chi connectivity index (χ4n) is 3.57. The fraction of sp³-hybridized carbons (Fsp3) is 0.632. The number of ether oxygens (including phenoxy) is 1. The molecule has 23 heavy (non-hydrogen) atoms. The first-order valence-electron chi connectivity index (χ1n) is 8.79. The number of rotatable bonds is 2. The summed E-state index contributed by atoms with van der Waals surface area (Å²) in [5, 5.41) is 3.62. The van der Waals surface area contributed by atoms with Gasteiger partial charge in [-0.05, 0) is 70.2 Å². The highest BCUT2D eigenvalue weighted by molar-refractivity contribution is 5.90. The standard InChI is InChI=1S/C19H28N2O2/c1-19(2,3)23-18(22)21-12-10-16-14(7-6-9-17(16)21)13-15-8-4-5-11-20-15/h6-7,9,15,20H,4-5,8,10-13H2,1-3H3. The molecule has 0 radical (unpaired) electrons. The van der Waals surface area contributed by atoms with Gasteiger partial charge in [0.15, 0.2) is 0 Å². The van der Waals surface area contributed by atoms with Crippen molar-refractivity contribution in [3.8, 4) is 0 Å². The van der Waals surface area contributed by atoms with Crippen molar-refractivity contribution in [2.45, 2.75) is 64.5 Å². The van der Waals surface area contributed by atoms with Crippen LogP contribution in [-0.2, 0) is 17.6 Å². The first kappa shape index (κ1) is 16.3. The SMILES string of the molecule is CC(C)(C)OC(=O)N1CCc2c(CC3CCCCN3)cccc21. The van der Waals surface area contributed by atoms with Crippen molar-refractivity contribution in [1.29, 1.82) is 0 Å². The first-order valence-corrected chi connectivity index (χ1v) is 8.79. The van der Waals surface area contributed by atoms with Crippen molar-refractivity contribution < 1.29 is 9.53 Å². The number of benzene rings is 1. The molecule has 4 nitrogen and oxygen atoms in total. The molecule has 1 aromatic rings. The van der Waals surface area contributed by atoms with E-state index in [-0.39, 0.29) is 6.09 Å². The van der Waals surface area contributed by atoms with E-state index in [0.29, 0.717) is 6.04 Å². The molecule has 3 rings (SSSR count). The maximum absolute atomic E-state index is 12.4. The van der Waals surface area contributed by atoms with Crippen molar-refractivity contribution in [3.05, 3.63) is 29.3 Å². The van der Waals surface area contributed by atoms with Gasteiger partial charge in [-0.1, -0.05) is 18.6 Å². The molecule has 2 aliphatic rings. The molecule has 0 spiro atoms. The Kier molecular flexibility index (Phi) is 4.62. The molecule has 4 heteroatoms. The molecular weight excluding hydrogens is 288 g/mol. The quantitative estimate of drug-likeness (QED) is 0.905. The van der Waals surface area contributed by atoms with Crippen LogP contribution in [0, 0.1) is 0 Å². The molecule has 1 unspecified atom stereocenters. The van der Waals surface area contributed by atoms with Crippen LogP contribution in [0.5, 0.6) is 0 Å². The van der Waals surface area contributed by atoms with E-state index in [1.807, 2.05) is 26.8 Å². The van der Waals surface area contributed by atoms with Gasteiger partial charge >= 0.3 is 6.09 Å². The lowest BCUT2D eigenvalue weighted by atomic mass is 9.94. The highest BCUT2D eigenvalue weighted by Crippen LogP contribution is 2.33. The number of carbonyl (C=O) groups is 1. The summed E-state index contributed by atoms with van der Waals surface area (Å²) >= 11 is 0. The number of hydrogen-bond acceptors (Lipinski definition) is 3. The molecule has 1 N–H and O–H groups in total. The summed E-state index contributed by atoms with van der Waals surface area (Å²) in [6.45, 7) is 7.58. The molecule has 126 valence electrons. The Hall–Kier alpha value is -1.55. The van der Waals surface area contributed by atoms with Gasteiger partial charge in [-0.15, -0.1) is 0 Å². The highest BCUT2D eigenvalue weighted by Gasteiger charge is 2.30. The topological polar surface area (TPSA) is 41.6 Å². The molecule has 0 saturated carbocycles. The van der Waals surface area contributed by atoms with Gasteiger partial charge in [0.05, 0.1) is 5.69 Å². The third-order valence-corrected chi connectivity index (χ3v) is 4.62. The molecule has 2 aliphatic heterocycles. The Labute approximate surface area is 139 Å². The molecule has 1 aromatic carbocycles. The van der Waals surface area contributed by atoms with Crippen LogP contribution in [0.3, 0.4) is 0 Å². The average Bonchev–Trinajstić information content (AvgIpc) is 2.92. The Bertz CT molecular complexity index is 571. The summed E-state index contributed by atoms with van der Waals surface area (Å²) < 4.78 is 5.54. The number of fused-ring (bicyclic) bond motifs is 1. The third kappa shape index (κ3) is 3.86. The van der Waals surface area contributed by atoms with E-state index in [9.17, 15) is 4.79 Å². The monoisotopic (exact) mass is 316 g/mol. The summed E-state index contributed by atoms with van der Waals surface area (Å²) in [7, 11) is 0. The van der Waals surface area contributed by atoms with Gasteiger partial charge in [-0.25, -0.2) is 4.79 Å². The molecule has 1 saturated heterocycles. The van der Waals surface area contributed by atoms with E-state index >= 15 is 0 Å². The van der Waals surface area contributed by atoms with Crippen molar-refractivity contribution in [2.24, 2.45) is 0 Å². The normalized spacial score (nSPS) is 21.2. The minimum absolute atomic E-state index is 0.232. The number of piperidine rings is 1. The molecule has 0 aliphatic carbocycles. The smallest absolute Gasteiger partial charge is 0.414 e. The lowest BCUT2D eigenvalue weighted by Gasteiger charge is -2.26. The highest BCUT2D eigenvalue weighted by atomic mass is 16.6. The molecule has 0 bridgehead atoms. The van der Waals surface area contributed by atoms with Gasteiger partial charge in [0.1, 0.15) is 5.60 Å². The van der Waals surface area contributed by atoms with Crippen molar-refractivity contribution in [3.63, 3.8) is 0 Å². The van der Waals surface area contributed by atoms with Crippen LogP contribution in [0.2, 0.25) is 0 Å². The maximum atomic E-state index is 12.4. The number of hydrogen-bond donors (Lipinski definition) is 1. The van der Waals surface area contributed by atoms with Gasteiger partial charge in [0.2, 0.25) is 0 Å². The Morgan fingerprint density at radius 1 is 1.35 bits per heavy atom. The molecule has 1 atom stereocenters. The van der Waals surface area contributed by atoms with Gasteiger partial charge in [0.25, 0.3) is 0 Å². The summed E-state index contributed by atoms with van der Waals surface area (Å²) in [6, 6.07) is 6.91. The summed E-state index contributed by atoms with van der Waals surface area (Å²) in [4.78, 5) is 14.2. The largest absolute Gasteiger partial charge is 0.443 e. The zero-order valence-electron chi connectivity index (χ0n) is 14.5. The third-order valence-electron chi connectivity index (χ3n) is 4.62. The van der Waals surface area contributed by atoms with E-state index in [0.717, 1.165) is 31.6 Å². The minimum Gasteiger partial charge on any atom is -0.443 e. The van der Waals surface area contributed by atoms with Crippen LogP contribution in [-0.4, -0.2) is 30.8 Å². The number of nitrogens with one attached hydrogen (secondary N) is 1. The van der Waals surface area contributed by atoms with Gasteiger partial charge < -0.3 is 10.1 Å². The summed E-state index contributed by atoms with van der Waals surface area (Å²) in [5.74, 6) is 0. The molecule has 1 amide bonds. The number of anilines is 1. The Morgan fingerprint density at radius 3 is 2.87 bits per heavy atom. The van der Waals surface area contributed by atoms with E-state index in [1.165, 1.54) is 30.4 Å². The molecule has 1 fully saturated rings. The summed E-state index contributed by atoms with van der Waals surface area (Å²) in [6.07, 6.45) is 5.61. The number of amides is 1. The van der Waals surface area contributed by atoms with Crippen LogP contribution >= 0.6 is 0 Å². The van der Waals surface area contributed by atoms with E-state index in [2.05, 4.69) is 17.4 Å². The van der Waals surface area contributed by atoms with Crippen LogP contribution in [0.4, 0.5) is 10.5 Å². The van der Waals surface area contributed by atoms with Gasteiger partial charge in [-0.2, -0.15) is 0 Å². The lowest BCUT2D eigenvalue weighted by molar-refractivity contribution is 0.0584. The van der Waals surface area contributed by atoms with Gasteiger partial charge in [0, 0.05) is 12.6 Å². The van der Waals surface area contributed by atoms with Crippen LogP contribution < -0.4 is 10.2 Å². The van der Waals surface area contributed by atoms with E-state index in [4.69, 9.17) is 4.74 Å². The van der Waals surface area contributed by atoms with Crippen LogP contribution in [0.15, 0.2) is 18.2 Å².